The van der Waals surface area contributed by atoms with E-state index in [0.29, 0.717) is 23.6 Å². The van der Waals surface area contributed by atoms with Gasteiger partial charge >= 0.3 is 0 Å². The van der Waals surface area contributed by atoms with Crippen LogP contribution < -0.4 is 5.73 Å². The minimum absolute atomic E-state index is 0.0314. The van der Waals surface area contributed by atoms with Crippen molar-refractivity contribution in [2.24, 2.45) is 5.73 Å². The number of aromatic nitrogens is 2. The van der Waals surface area contributed by atoms with Crippen molar-refractivity contribution in [1.82, 2.24) is 15.1 Å². The number of amides is 1. The van der Waals surface area contributed by atoms with Crippen LogP contribution in [0.4, 0.5) is 0 Å². The predicted octanol–water partition coefficient (Wildman–Crippen LogP) is 1.34. The molecule has 0 radical (unpaired) electrons. The molecule has 0 saturated carbocycles. The van der Waals surface area contributed by atoms with Crippen LogP contribution in [0.15, 0.2) is 6.20 Å². The first-order valence-electron chi connectivity index (χ1n) is 6.14. The van der Waals surface area contributed by atoms with E-state index in [9.17, 15) is 4.79 Å². The first-order valence-corrected chi connectivity index (χ1v) is 7.78. The van der Waals surface area contributed by atoms with Crippen LogP contribution in [0.2, 0.25) is 0 Å². The molecule has 104 valence electrons. The molecular formula is C12H18N4OS2. The van der Waals surface area contributed by atoms with E-state index in [-0.39, 0.29) is 10.7 Å². The third kappa shape index (κ3) is 2.62. The number of aromatic amines is 1. The molecule has 1 fully saturated rings. The first-order chi connectivity index (χ1) is 9.00. The maximum Gasteiger partial charge on any atom is 0.257 e. The number of rotatable bonds is 3. The van der Waals surface area contributed by atoms with Crippen LogP contribution in [0.25, 0.3) is 0 Å². The number of thioether (sulfide) groups is 1. The number of carbonyl (C=O) groups is 1. The Balaban J connectivity index is 2.06. The molecule has 5 nitrogen and oxygen atoms in total. The summed E-state index contributed by atoms with van der Waals surface area (Å²) in [6, 6.07) is 0. The zero-order valence-corrected chi connectivity index (χ0v) is 12.7. The average molecular weight is 298 g/mol. The van der Waals surface area contributed by atoms with Crippen LogP contribution in [0.3, 0.4) is 0 Å². The average Bonchev–Trinajstić information content (AvgIpc) is 2.84. The summed E-state index contributed by atoms with van der Waals surface area (Å²) in [7, 11) is 0. The van der Waals surface area contributed by atoms with Gasteiger partial charge in [-0.1, -0.05) is 12.2 Å². The van der Waals surface area contributed by atoms with Gasteiger partial charge in [0.1, 0.15) is 0 Å². The van der Waals surface area contributed by atoms with Crippen molar-refractivity contribution >= 4 is 34.9 Å². The van der Waals surface area contributed by atoms with Crippen molar-refractivity contribution in [3.63, 3.8) is 0 Å². The molecule has 1 aliphatic heterocycles. The van der Waals surface area contributed by atoms with Gasteiger partial charge in [-0.2, -0.15) is 16.9 Å². The SMILES string of the molecule is CSC1(C(N)=S)CCN(C(=O)c2cn[nH]c2C)CC1. The highest BCUT2D eigenvalue weighted by molar-refractivity contribution is 8.02. The highest BCUT2D eigenvalue weighted by Gasteiger charge is 2.38. The Kier molecular flexibility index (Phi) is 4.15. The third-order valence-corrected chi connectivity index (χ3v) is 5.69. The summed E-state index contributed by atoms with van der Waals surface area (Å²) in [6.45, 7) is 3.22. The Labute approximate surface area is 122 Å². The fourth-order valence-corrected chi connectivity index (χ4v) is 3.60. The second-order valence-electron chi connectivity index (χ2n) is 4.76. The minimum Gasteiger partial charge on any atom is -0.392 e. The molecule has 2 rings (SSSR count). The quantitative estimate of drug-likeness (QED) is 0.824. The van der Waals surface area contributed by atoms with Crippen LogP contribution in [0.5, 0.6) is 0 Å². The Morgan fingerprint density at radius 3 is 2.63 bits per heavy atom. The highest BCUT2D eigenvalue weighted by Crippen LogP contribution is 2.35. The number of aryl methyl sites for hydroxylation is 1. The van der Waals surface area contributed by atoms with E-state index in [0.717, 1.165) is 18.5 Å². The third-order valence-electron chi connectivity index (χ3n) is 3.76. The van der Waals surface area contributed by atoms with Gasteiger partial charge < -0.3 is 10.6 Å². The molecular weight excluding hydrogens is 280 g/mol. The maximum absolute atomic E-state index is 12.3. The van der Waals surface area contributed by atoms with Gasteiger partial charge in [0.25, 0.3) is 5.91 Å². The molecule has 1 amide bonds. The molecule has 0 bridgehead atoms. The van der Waals surface area contributed by atoms with Crippen LogP contribution >= 0.6 is 24.0 Å². The van der Waals surface area contributed by atoms with E-state index in [2.05, 4.69) is 10.2 Å². The molecule has 0 unspecified atom stereocenters. The molecule has 3 N–H and O–H groups in total. The van der Waals surface area contributed by atoms with E-state index in [1.165, 1.54) is 0 Å². The van der Waals surface area contributed by atoms with Gasteiger partial charge in [0.15, 0.2) is 0 Å². The second-order valence-corrected chi connectivity index (χ2v) is 6.39. The fourth-order valence-electron chi connectivity index (χ4n) is 2.36. The largest absolute Gasteiger partial charge is 0.392 e. The summed E-state index contributed by atoms with van der Waals surface area (Å²) < 4.78 is -0.155. The van der Waals surface area contributed by atoms with E-state index in [1.54, 1.807) is 18.0 Å². The first kappa shape index (κ1) is 14.3. The monoisotopic (exact) mass is 298 g/mol. The molecule has 1 aliphatic rings. The van der Waals surface area contributed by atoms with E-state index >= 15 is 0 Å². The lowest BCUT2D eigenvalue weighted by molar-refractivity contribution is 0.0718. The van der Waals surface area contributed by atoms with Gasteiger partial charge in [0.2, 0.25) is 0 Å². The predicted molar refractivity (Wildman–Crippen MR) is 81.5 cm³/mol. The summed E-state index contributed by atoms with van der Waals surface area (Å²) in [5, 5.41) is 6.69. The number of hydrogen-bond acceptors (Lipinski definition) is 4. The van der Waals surface area contributed by atoms with E-state index in [1.807, 2.05) is 18.1 Å². The van der Waals surface area contributed by atoms with Gasteiger partial charge in [0.05, 0.1) is 21.5 Å². The molecule has 2 heterocycles. The van der Waals surface area contributed by atoms with Gasteiger partial charge in [-0.3, -0.25) is 9.89 Å². The van der Waals surface area contributed by atoms with Crippen LogP contribution in [0.1, 0.15) is 28.9 Å². The molecule has 0 spiro atoms. The van der Waals surface area contributed by atoms with Crippen molar-refractivity contribution in [2.45, 2.75) is 24.5 Å². The van der Waals surface area contributed by atoms with Crippen molar-refractivity contribution in [3.8, 4) is 0 Å². The lowest BCUT2D eigenvalue weighted by Gasteiger charge is -2.40. The normalized spacial score (nSPS) is 18.3. The van der Waals surface area contributed by atoms with Crippen LogP contribution in [0, 0.1) is 6.92 Å². The van der Waals surface area contributed by atoms with Gasteiger partial charge in [-0.05, 0) is 26.0 Å². The van der Waals surface area contributed by atoms with Crippen molar-refractivity contribution in [2.75, 3.05) is 19.3 Å². The zero-order valence-electron chi connectivity index (χ0n) is 11.1. The smallest absolute Gasteiger partial charge is 0.257 e. The number of nitrogens with two attached hydrogens (primary N) is 1. The van der Waals surface area contributed by atoms with E-state index < -0.39 is 0 Å². The molecule has 19 heavy (non-hydrogen) atoms. The Hall–Kier alpha value is -1.08. The minimum atomic E-state index is -0.155. The van der Waals surface area contributed by atoms with Crippen molar-refractivity contribution < 1.29 is 4.79 Å². The van der Waals surface area contributed by atoms with Gasteiger partial charge in [-0.25, -0.2) is 0 Å². The highest BCUT2D eigenvalue weighted by atomic mass is 32.2. The van der Waals surface area contributed by atoms with Crippen molar-refractivity contribution in [3.05, 3.63) is 17.5 Å². The Bertz CT molecular complexity index is 492. The van der Waals surface area contributed by atoms with E-state index in [4.69, 9.17) is 18.0 Å². The molecule has 0 aromatic carbocycles. The van der Waals surface area contributed by atoms with Crippen LogP contribution in [-0.2, 0) is 0 Å². The van der Waals surface area contributed by atoms with Gasteiger partial charge in [-0.15, -0.1) is 0 Å². The van der Waals surface area contributed by atoms with Gasteiger partial charge in [0, 0.05) is 18.8 Å². The van der Waals surface area contributed by atoms with Crippen molar-refractivity contribution in [1.29, 1.82) is 0 Å². The molecule has 1 aromatic rings. The number of nitrogens with one attached hydrogen (secondary N) is 1. The zero-order chi connectivity index (χ0) is 14.0. The summed E-state index contributed by atoms with van der Waals surface area (Å²) >= 11 is 6.86. The number of H-pyrrole nitrogens is 1. The second kappa shape index (κ2) is 5.50. The van der Waals surface area contributed by atoms with Crippen LogP contribution in [-0.4, -0.2) is 50.1 Å². The number of piperidine rings is 1. The summed E-state index contributed by atoms with van der Waals surface area (Å²) in [4.78, 5) is 14.7. The molecule has 1 aromatic heterocycles. The fraction of sp³-hybridized carbons (Fsp3) is 0.583. The molecule has 0 atom stereocenters. The standard InChI is InChI=1S/C12H18N4OS2/c1-8-9(7-14-15-8)10(17)16-5-3-12(19-2,4-6-16)11(13)18/h7H,3-6H2,1-2H3,(H2,13,18)(H,14,15). The summed E-state index contributed by atoms with van der Waals surface area (Å²) in [5.41, 5.74) is 7.30. The lowest BCUT2D eigenvalue weighted by atomic mass is 9.95. The number of hydrogen-bond donors (Lipinski definition) is 2. The molecule has 0 aliphatic carbocycles. The number of thiocarbonyl (C=S) groups is 1. The summed E-state index contributed by atoms with van der Waals surface area (Å²) in [6.07, 6.45) is 5.23. The summed E-state index contributed by atoms with van der Waals surface area (Å²) in [5.74, 6) is 0.0314. The number of likely N-dealkylation sites (tertiary alicyclic amines) is 1. The Morgan fingerprint density at radius 1 is 1.58 bits per heavy atom. The number of carbonyl (C=O) groups excluding carboxylic acids is 1. The molecule has 1 saturated heterocycles. The number of nitrogens with zero attached hydrogens (tertiary/aromatic N) is 2. The molecule has 7 heteroatoms. The topological polar surface area (TPSA) is 75.0 Å². The maximum atomic E-state index is 12.3. The Morgan fingerprint density at radius 2 is 2.21 bits per heavy atom. The lowest BCUT2D eigenvalue weighted by Crippen LogP contribution is -2.50.